The molecule has 98 valence electrons. The van der Waals surface area contributed by atoms with Crippen LogP contribution in [0.25, 0.3) is 0 Å². The summed E-state index contributed by atoms with van der Waals surface area (Å²) in [4.78, 5) is 13.7. The van der Waals surface area contributed by atoms with Gasteiger partial charge in [-0.3, -0.25) is 4.79 Å². The Labute approximate surface area is 106 Å². The van der Waals surface area contributed by atoms with E-state index in [1.165, 1.54) is 6.42 Å². The van der Waals surface area contributed by atoms with Crippen molar-refractivity contribution in [1.29, 1.82) is 0 Å². The van der Waals surface area contributed by atoms with Crippen LogP contribution < -0.4 is 5.73 Å². The maximum Gasteiger partial charge on any atom is 0.232 e. The summed E-state index contributed by atoms with van der Waals surface area (Å²) < 4.78 is 0. The molecule has 0 spiro atoms. The van der Waals surface area contributed by atoms with Crippen molar-refractivity contribution in [2.24, 2.45) is 16.8 Å². The van der Waals surface area contributed by atoms with Crippen molar-refractivity contribution in [3.8, 4) is 0 Å². The molecular formula is C11H21N3O2S. The highest BCUT2D eigenvalue weighted by Gasteiger charge is 2.16. The molecule has 0 aliphatic carbocycles. The molecule has 1 saturated heterocycles. The molecule has 0 saturated carbocycles. The van der Waals surface area contributed by atoms with Crippen LogP contribution >= 0.6 is 11.8 Å². The number of rotatable bonds is 5. The lowest BCUT2D eigenvalue weighted by atomic mass is 10.1. The van der Waals surface area contributed by atoms with E-state index in [0.29, 0.717) is 11.5 Å². The van der Waals surface area contributed by atoms with Crippen molar-refractivity contribution in [1.82, 2.24) is 4.90 Å². The van der Waals surface area contributed by atoms with Gasteiger partial charge < -0.3 is 15.8 Å². The highest BCUT2D eigenvalue weighted by atomic mass is 32.2. The number of hydrogen-bond donors (Lipinski definition) is 2. The van der Waals surface area contributed by atoms with Crippen LogP contribution in [0.4, 0.5) is 0 Å². The molecule has 6 heteroatoms. The number of amides is 1. The summed E-state index contributed by atoms with van der Waals surface area (Å²) in [5.41, 5.74) is 5.47. The Kier molecular flexibility index (Phi) is 6.18. The van der Waals surface area contributed by atoms with Gasteiger partial charge in [0.1, 0.15) is 5.84 Å². The molecule has 1 heterocycles. The van der Waals surface area contributed by atoms with Crippen molar-refractivity contribution in [2.45, 2.75) is 26.2 Å². The van der Waals surface area contributed by atoms with Gasteiger partial charge in [0.2, 0.25) is 5.91 Å². The average molecular weight is 259 g/mol. The molecule has 0 aromatic rings. The first-order valence-corrected chi connectivity index (χ1v) is 7.13. The van der Waals surface area contributed by atoms with E-state index in [9.17, 15) is 4.79 Å². The summed E-state index contributed by atoms with van der Waals surface area (Å²) in [5, 5.41) is 11.5. The van der Waals surface area contributed by atoms with Crippen molar-refractivity contribution >= 4 is 23.5 Å². The van der Waals surface area contributed by atoms with Crippen LogP contribution in [0.3, 0.4) is 0 Å². The van der Waals surface area contributed by atoms with Gasteiger partial charge in [-0.1, -0.05) is 12.1 Å². The average Bonchev–Trinajstić information content (AvgIpc) is 2.38. The predicted molar refractivity (Wildman–Crippen MR) is 70.3 cm³/mol. The van der Waals surface area contributed by atoms with E-state index in [1.807, 2.05) is 11.8 Å². The SMILES string of the molecule is CC(CSCC(=O)N1CCCCC1)C(N)=NO. The Balaban J connectivity index is 2.19. The number of carbonyl (C=O) groups excluding carboxylic acids is 1. The number of thioether (sulfide) groups is 1. The lowest BCUT2D eigenvalue weighted by Crippen LogP contribution is -2.37. The van der Waals surface area contributed by atoms with Gasteiger partial charge in [0, 0.05) is 24.8 Å². The zero-order chi connectivity index (χ0) is 12.7. The number of nitrogens with two attached hydrogens (primary N) is 1. The van der Waals surface area contributed by atoms with Gasteiger partial charge in [-0.05, 0) is 19.3 Å². The third-order valence-corrected chi connectivity index (χ3v) is 4.11. The highest BCUT2D eigenvalue weighted by molar-refractivity contribution is 7.99. The van der Waals surface area contributed by atoms with Crippen molar-refractivity contribution in [3.63, 3.8) is 0 Å². The molecular weight excluding hydrogens is 238 g/mol. The first kappa shape index (κ1) is 14.2. The molecule has 0 aromatic carbocycles. The second-order valence-electron chi connectivity index (χ2n) is 4.38. The number of piperidine rings is 1. The zero-order valence-corrected chi connectivity index (χ0v) is 11.1. The summed E-state index contributed by atoms with van der Waals surface area (Å²) in [5.74, 6) is 1.63. The molecule has 1 atom stereocenters. The van der Waals surface area contributed by atoms with Crippen LogP contribution in [-0.4, -0.2) is 46.4 Å². The van der Waals surface area contributed by atoms with E-state index in [-0.39, 0.29) is 17.7 Å². The lowest BCUT2D eigenvalue weighted by molar-refractivity contribution is -0.129. The van der Waals surface area contributed by atoms with Gasteiger partial charge >= 0.3 is 0 Å². The molecule has 17 heavy (non-hydrogen) atoms. The smallest absolute Gasteiger partial charge is 0.232 e. The van der Waals surface area contributed by atoms with E-state index < -0.39 is 0 Å². The van der Waals surface area contributed by atoms with E-state index >= 15 is 0 Å². The molecule has 1 unspecified atom stereocenters. The number of oxime groups is 1. The molecule has 0 bridgehead atoms. The van der Waals surface area contributed by atoms with Gasteiger partial charge in [-0.15, -0.1) is 0 Å². The molecule has 1 amide bonds. The fraction of sp³-hybridized carbons (Fsp3) is 0.818. The fourth-order valence-electron chi connectivity index (χ4n) is 1.74. The quantitative estimate of drug-likeness (QED) is 0.335. The number of likely N-dealkylation sites (tertiary alicyclic amines) is 1. The normalized spacial score (nSPS) is 19.1. The van der Waals surface area contributed by atoms with Gasteiger partial charge in [-0.25, -0.2) is 0 Å². The minimum atomic E-state index is -0.000782. The summed E-state index contributed by atoms with van der Waals surface area (Å²) in [7, 11) is 0. The molecule has 1 fully saturated rings. The van der Waals surface area contributed by atoms with Crippen LogP contribution in [0.1, 0.15) is 26.2 Å². The minimum Gasteiger partial charge on any atom is -0.409 e. The topological polar surface area (TPSA) is 78.9 Å². The van der Waals surface area contributed by atoms with Crippen molar-refractivity contribution in [2.75, 3.05) is 24.6 Å². The van der Waals surface area contributed by atoms with E-state index in [1.54, 1.807) is 11.8 Å². The zero-order valence-electron chi connectivity index (χ0n) is 10.3. The molecule has 0 radical (unpaired) electrons. The third-order valence-electron chi connectivity index (χ3n) is 2.92. The second kappa shape index (κ2) is 7.42. The Morgan fingerprint density at radius 1 is 1.47 bits per heavy atom. The van der Waals surface area contributed by atoms with Crippen LogP contribution in [0.15, 0.2) is 5.16 Å². The molecule has 0 aromatic heterocycles. The molecule has 1 aliphatic heterocycles. The molecule has 1 rings (SSSR count). The molecule has 5 nitrogen and oxygen atoms in total. The standard InChI is InChI=1S/C11H21N3O2S/c1-9(11(12)13-16)7-17-8-10(15)14-5-3-2-4-6-14/h9,16H,2-8H2,1H3,(H2,12,13). The first-order valence-electron chi connectivity index (χ1n) is 5.98. The molecule has 1 aliphatic rings. The Morgan fingerprint density at radius 3 is 2.71 bits per heavy atom. The largest absolute Gasteiger partial charge is 0.409 e. The predicted octanol–water partition coefficient (Wildman–Crippen LogP) is 1.11. The van der Waals surface area contributed by atoms with E-state index in [2.05, 4.69) is 5.16 Å². The van der Waals surface area contributed by atoms with Gasteiger partial charge in [-0.2, -0.15) is 11.8 Å². The Bertz CT molecular complexity index is 278. The van der Waals surface area contributed by atoms with Crippen molar-refractivity contribution < 1.29 is 10.0 Å². The minimum absolute atomic E-state index is 0.000782. The van der Waals surface area contributed by atoms with Crippen molar-refractivity contribution in [3.05, 3.63) is 0 Å². The lowest BCUT2D eigenvalue weighted by Gasteiger charge is -2.26. The van der Waals surface area contributed by atoms with E-state index in [4.69, 9.17) is 10.9 Å². The maximum atomic E-state index is 11.8. The number of carbonyl (C=O) groups is 1. The number of amidine groups is 1. The monoisotopic (exact) mass is 259 g/mol. The summed E-state index contributed by atoms with van der Waals surface area (Å²) in [6, 6.07) is 0. The fourth-order valence-corrected chi connectivity index (χ4v) is 2.74. The maximum absolute atomic E-state index is 11.8. The van der Waals surface area contributed by atoms with Gasteiger partial charge in [0.25, 0.3) is 0 Å². The summed E-state index contributed by atoms with van der Waals surface area (Å²) in [6.45, 7) is 3.68. The van der Waals surface area contributed by atoms with Gasteiger partial charge in [0.05, 0.1) is 5.75 Å². The van der Waals surface area contributed by atoms with Crippen LogP contribution in [-0.2, 0) is 4.79 Å². The third kappa shape index (κ3) is 4.85. The molecule has 3 N–H and O–H groups in total. The highest BCUT2D eigenvalue weighted by Crippen LogP contribution is 2.13. The number of hydrogen-bond acceptors (Lipinski definition) is 4. The Hall–Kier alpha value is -0.910. The Morgan fingerprint density at radius 2 is 2.12 bits per heavy atom. The van der Waals surface area contributed by atoms with Gasteiger partial charge in [0.15, 0.2) is 0 Å². The van der Waals surface area contributed by atoms with Crippen LogP contribution in [0.5, 0.6) is 0 Å². The van der Waals surface area contributed by atoms with E-state index in [0.717, 1.165) is 25.9 Å². The van der Waals surface area contributed by atoms with Crippen LogP contribution in [0, 0.1) is 5.92 Å². The summed E-state index contributed by atoms with van der Waals surface area (Å²) in [6.07, 6.45) is 3.48. The van der Waals surface area contributed by atoms with Crippen LogP contribution in [0.2, 0.25) is 0 Å². The second-order valence-corrected chi connectivity index (χ2v) is 5.41. The number of nitrogens with zero attached hydrogens (tertiary/aromatic N) is 2. The summed E-state index contributed by atoms with van der Waals surface area (Å²) >= 11 is 1.54. The first-order chi connectivity index (χ1) is 8.15.